The van der Waals surface area contributed by atoms with Gasteiger partial charge in [-0.05, 0) is 37.7 Å². The van der Waals surface area contributed by atoms with Crippen molar-refractivity contribution in [3.63, 3.8) is 0 Å². The lowest BCUT2D eigenvalue weighted by molar-refractivity contribution is 0.239. The van der Waals surface area contributed by atoms with Gasteiger partial charge in [0.1, 0.15) is 5.82 Å². The van der Waals surface area contributed by atoms with Gasteiger partial charge in [-0.15, -0.1) is 11.3 Å². The van der Waals surface area contributed by atoms with Crippen molar-refractivity contribution in [2.45, 2.75) is 19.5 Å². The van der Waals surface area contributed by atoms with Crippen molar-refractivity contribution < 1.29 is 4.39 Å². The van der Waals surface area contributed by atoms with Crippen LogP contribution in [0.15, 0.2) is 23.6 Å². The Morgan fingerprint density at radius 1 is 1.45 bits per heavy atom. The van der Waals surface area contributed by atoms with Crippen molar-refractivity contribution in [1.29, 1.82) is 0 Å². The summed E-state index contributed by atoms with van der Waals surface area (Å²) in [6.07, 6.45) is 0. The number of likely N-dealkylation sites (N-methyl/N-ethyl adjacent to an activating group) is 1. The highest BCUT2D eigenvalue weighted by atomic mass is 35.5. The molecule has 1 heterocycles. The van der Waals surface area contributed by atoms with E-state index in [9.17, 15) is 4.39 Å². The van der Waals surface area contributed by atoms with Crippen LogP contribution in [0.5, 0.6) is 0 Å². The van der Waals surface area contributed by atoms with E-state index in [4.69, 9.17) is 17.3 Å². The molecule has 108 valence electrons. The molecule has 0 saturated heterocycles. The molecule has 0 aliphatic carbocycles. The monoisotopic (exact) mass is 313 g/mol. The summed E-state index contributed by atoms with van der Waals surface area (Å²) in [6, 6.07) is 4.43. The lowest BCUT2D eigenvalue weighted by Gasteiger charge is -2.26. The fourth-order valence-electron chi connectivity index (χ4n) is 2.18. The second-order valence-electron chi connectivity index (χ2n) is 4.73. The van der Waals surface area contributed by atoms with E-state index in [1.807, 2.05) is 19.4 Å². The van der Waals surface area contributed by atoms with E-state index in [1.165, 1.54) is 12.1 Å². The Balaban J connectivity index is 2.18. The van der Waals surface area contributed by atoms with Crippen molar-refractivity contribution in [2.24, 2.45) is 5.73 Å². The summed E-state index contributed by atoms with van der Waals surface area (Å²) in [5, 5.41) is 3.45. The number of halogens is 2. The molecule has 6 heteroatoms. The highest BCUT2D eigenvalue weighted by Gasteiger charge is 2.18. The molecule has 1 atom stereocenters. The summed E-state index contributed by atoms with van der Waals surface area (Å²) in [5.74, 6) is -0.344. The van der Waals surface area contributed by atoms with Crippen molar-refractivity contribution >= 4 is 22.9 Å². The van der Waals surface area contributed by atoms with E-state index >= 15 is 0 Å². The van der Waals surface area contributed by atoms with Crippen LogP contribution in [0.3, 0.4) is 0 Å². The molecule has 0 aliphatic rings. The van der Waals surface area contributed by atoms with E-state index in [2.05, 4.69) is 9.88 Å². The first-order valence-electron chi connectivity index (χ1n) is 6.27. The number of nitrogens with two attached hydrogens (primary N) is 1. The molecule has 0 saturated carbocycles. The lowest BCUT2D eigenvalue weighted by Crippen LogP contribution is -2.30. The molecule has 2 aromatic rings. The van der Waals surface area contributed by atoms with Gasteiger partial charge in [0.05, 0.1) is 10.7 Å². The zero-order valence-electron chi connectivity index (χ0n) is 11.4. The predicted molar refractivity (Wildman–Crippen MR) is 81.5 cm³/mol. The molecule has 0 amide bonds. The van der Waals surface area contributed by atoms with Crippen molar-refractivity contribution in [3.8, 4) is 0 Å². The minimum atomic E-state index is -0.344. The van der Waals surface area contributed by atoms with Gasteiger partial charge in [0, 0.05) is 29.5 Å². The van der Waals surface area contributed by atoms with Gasteiger partial charge in [-0.1, -0.05) is 11.6 Å². The van der Waals surface area contributed by atoms with Crippen LogP contribution < -0.4 is 5.73 Å². The predicted octanol–water partition coefficient (Wildman–Crippen LogP) is 3.38. The molecule has 0 bridgehead atoms. The number of aromatic nitrogens is 1. The third kappa shape index (κ3) is 3.76. The van der Waals surface area contributed by atoms with Crippen LogP contribution in [0.25, 0.3) is 0 Å². The van der Waals surface area contributed by atoms with Crippen molar-refractivity contribution in [3.05, 3.63) is 50.7 Å². The highest BCUT2D eigenvalue weighted by Crippen LogP contribution is 2.24. The number of thiazole rings is 1. The first-order chi connectivity index (χ1) is 9.49. The van der Waals surface area contributed by atoms with Gasteiger partial charge in [0.15, 0.2) is 0 Å². The highest BCUT2D eigenvalue weighted by molar-refractivity contribution is 7.09. The van der Waals surface area contributed by atoms with Gasteiger partial charge in [-0.2, -0.15) is 0 Å². The van der Waals surface area contributed by atoms with Gasteiger partial charge in [0.2, 0.25) is 0 Å². The Morgan fingerprint density at radius 2 is 2.20 bits per heavy atom. The standard InChI is InChI=1S/C14H17ClFN3S/c1-9-18-13(8-20-9)7-19(2)14(6-17)10-3-11(15)5-12(16)4-10/h3-5,8,14H,6-7,17H2,1-2H3. The van der Waals surface area contributed by atoms with Crippen LogP contribution in [0.2, 0.25) is 5.02 Å². The first kappa shape index (κ1) is 15.4. The largest absolute Gasteiger partial charge is 0.329 e. The average molecular weight is 314 g/mol. The van der Waals surface area contributed by atoms with E-state index in [0.29, 0.717) is 18.1 Å². The molecule has 0 fully saturated rings. The van der Waals surface area contributed by atoms with Crippen LogP contribution in [-0.2, 0) is 6.54 Å². The molecule has 0 radical (unpaired) electrons. The van der Waals surface area contributed by atoms with E-state index in [0.717, 1.165) is 16.3 Å². The molecule has 20 heavy (non-hydrogen) atoms. The third-order valence-corrected chi connectivity index (χ3v) is 4.14. The normalized spacial score (nSPS) is 12.9. The minimum Gasteiger partial charge on any atom is -0.329 e. The summed E-state index contributed by atoms with van der Waals surface area (Å²) < 4.78 is 13.5. The molecular formula is C14H17ClFN3S. The van der Waals surface area contributed by atoms with Crippen LogP contribution in [0, 0.1) is 12.7 Å². The maximum atomic E-state index is 13.5. The molecule has 2 N–H and O–H groups in total. The van der Waals surface area contributed by atoms with E-state index in [1.54, 1.807) is 17.4 Å². The Hall–Kier alpha value is -1.01. The Morgan fingerprint density at radius 3 is 2.75 bits per heavy atom. The second kappa shape index (κ2) is 6.63. The van der Waals surface area contributed by atoms with Gasteiger partial charge in [-0.25, -0.2) is 9.37 Å². The molecule has 1 aromatic heterocycles. The molecule has 3 nitrogen and oxygen atoms in total. The first-order valence-corrected chi connectivity index (χ1v) is 7.52. The molecule has 2 rings (SSSR count). The topological polar surface area (TPSA) is 42.2 Å². The SMILES string of the molecule is Cc1nc(CN(C)C(CN)c2cc(F)cc(Cl)c2)cs1. The average Bonchev–Trinajstić information content (AvgIpc) is 2.74. The summed E-state index contributed by atoms with van der Waals surface area (Å²) in [5.41, 5.74) is 7.62. The van der Waals surface area contributed by atoms with E-state index in [-0.39, 0.29) is 11.9 Å². The number of hydrogen-bond donors (Lipinski definition) is 1. The fraction of sp³-hybridized carbons (Fsp3) is 0.357. The summed E-state index contributed by atoms with van der Waals surface area (Å²) in [6.45, 7) is 3.03. The number of nitrogens with zero attached hydrogens (tertiary/aromatic N) is 2. The van der Waals surface area contributed by atoms with Gasteiger partial charge < -0.3 is 5.73 Å². The second-order valence-corrected chi connectivity index (χ2v) is 6.23. The number of aryl methyl sites for hydroxylation is 1. The smallest absolute Gasteiger partial charge is 0.125 e. The van der Waals surface area contributed by atoms with Crippen molar-refractivity contribution in [1.82, 2.24) is 9.88 Å². The van der Waals surface area contributed by atoms with E-state index < -0.39 is 0 Å². The fourth-order valence-corrected chi connectivity index (χ4v) is 3.02. The summed E-state index contributed by atoms with van der Waals surface area (Å²) >= 11 is 7.53. The molecule has 1 aromatic carbocycles. The Kier molecular flexibility index (Phi) is 5.10. The lowest BCUT2D eigenvalue weighted by atomic mass is 10.1. The Bertz CT molecular complexity index is 567. The quantitative estimate of drug-likeness (QED) is 0.920. The number of hydrogen-bond acceptors (Lipinski definition) is 4. The van der Waals surface area contributed by atoms with Crippen molar-refractivity contribution in [2.75, 3.05) is 13.6 Å². The summed E-state index contributed by atoms with van der Waals surface area (Å²) in [7, 11) is 1.95. The van der Waals surface area contributed by atoms with Crippen LogP contribution in [0.1, 0.15) is 22.3 Å². The zero-order chi connectivity index (χ0) is 14.7. The van der Waals surface area contributed by atoms with Gasteiger partial charge in [0.25, 0.3) is 0 Å². The zero-order valence-corrected chi connectivity index (χ0v) is 13.0. The van der Waals surface area contributed by atoms with Gasteiger partial charge >= 0.3 is 0 Å². The minimum absolute atomic E-state index is 0.0924. The third-order valence-electron chi connectivity index (χ3n) is 3.10. The molecule has 0 spiro atoms. The summed E-state index contributed by atoms with van der Waals surface area (Å²) in [4.78, 5) is 6.49. The maximum Gasteiger partial charge on any atom is 0.125 e. The maximum absolute atomic E-state index is 13.5. The molecular weight excluding hydrogens is 297 g/mol. The number of rotatable bonds is 5. The van der Waals surface area contributed by atoms with Gasteiger partial charge in [-0.3, -0.25) is 4.90 Å². The molecule has 1 unspecified atom stereocenters. The van der Waals surface area contributed by atoms with Crippen LogP contribution in [-0.4, -0.2) is 23.5 Å². The van der Waals surface area contributed by atoms with Crippen LogP contribution >= 0.6 is 22.9 Å². The molecule has 0 aliphatic heterocycles. The number of benzene rings is 1. The Labute approximate surface area is 127 Å². The van der Waals surface area contributed by atoms with Crippen LogP contribution in [0.4, 0.5) is 4.39 Å².